The predicted octanol–water partition coefficient (Wildman–Crippen LogP) is 3.42. The Morgan fingerprint density at radius 3 is 2.57 bits per heavy atom. The molecular formula is C22H25ClN2O4S. The first-order valence-electron chi connectivity index (χ1n) is 9.54. The number of sulfonamides is 1. The third-order valence-electron chi connectivity index (χ3n) is 4.96. The molecule has 2 aliphatic rings. The van der Waals surface area contributed by atoms with Gasteiger partial charge in [0.05, 0.1) is 12.0 Å². The second-order valence-corrected chi connectivity index (χ2v) is 10.3. The summed E-state index contributed by atoms with van der Waals surface area (Å²) in [6.45, 7) is 3.53. The lowest BCUT2D eigenvalue weighted by Crippen LogP contribution is -2.46. The lowest BCUT2D eigenvalue weighted by molar-refractivity contribution is -0.121. The third-order valence-corrected chi connectivity index (χ3v) is 6.23. The SMILES string of the molecule is CC1(NC(=O)Cc2ccccc2)C=C(S(N)(=O)=O)C(OC2=CC=CCC2(C)Cl)=CC1. The molecule has 0 aromatic heterocycles. The van der Waals surface area contributed by atoms with Crippen molar-refractivity contribution in [3.05, 3.63) is 82.7 Å². The highest BCUT2D eigenvalue weighted by atomic mass is 35.5. The van der Waals surface area contributed by atoms with Crippen molar-refractivity contribution in [2.24, 2.45) is 5.14 Å². The molecule has 1 aromatic carbocycles. The van der Waals surface area contributed by atoms with Crippen molar-refractivity contribution >= 4 is 27.5 Å². The smallest absolute Gasteiger partial charge is 0.241 e. The first-order valence-corrected chi connectivity index (χ1v) is 11.5. The fourth-order valence-electron chi connectivity index (χ4n) is 3.35. The molecule has 1 amide bonds. The summed E-state index contributed by atoms with van der Waals surface area (Å²) >= 11 is 6.49. The lowest BCUT2D eigenvalue weighted by Gasteiger charge is -2.33. The quantitative estimate of drug-likeness (QED) is 0.651. The van der Waals surface area contributed by atoms with Crippen molar-refractivity contribution in [3.8, 4) is 0 Å². The molecule has 0 bridgehead atoms. The Labute approximate surface area is 182 Å². The van der Waals surface area contributed by atoms with Crippen LogP contribution < -0.4 is 10.5 Å². The maximum Gasteiger partial charge on any atom is 0.241 e. The van der Waals surface area contributed by atoms with Gasteiger partial charge in [0.15, 0.2) is 0 Å². The average Bonchev–Trinajstić information content (AvgIpc) is 2.64. The molecule has 6 nitrogen and oxygen atoms in total. The van der Waals surface area contributed by atoms with Crippen LogP contribution in [-0.4, -0.2) is 24.7 Å². The summed E-state index contributed by atoms with van der Waals surface area (Å²) in [5, 5.41) is 8.35. The maximum absolute atomic E-state index is 12.5. The number of allylic oxidation sites excluding steroid dienone is 4. The van der Waals surface area contributed by atoms with Crippen molar-refractivity contribution in [1.29, 1.82) is 0 Å². The predicted molar refractivity (Wildman–Crippen MR) is 118 cm³/mol. The number of hydrogen-bond acceptors (Lipinski definition) is 4. The number of amides is 1. The zero-order valence-electron chi connectivity index (χ0n) is 16.9. The van der Waals surface area contributed by atoms with Gasteiger partial charge in [-0.1, -0.05) is 42.5 Å². The topological polar surface area (TPSA) is 98.5 Å². The molecule has 8 heteroatoms. The number of nitrogens with two attached hydrogens (primary N) is 1. The van der Waals surface area contributed by atoms with Gasteiger partial charge in [0, 0.05) is 0 Å². The molecule has 3 N–H and O–H groups in total. The minimum absolute atomic E-state index is 0.112. The Balaban J connectivity index is 1.81. The minimum Gasteiger partial charge on any atom is -0.459 e. The van der Waals surface area contributed by atoms with Crippen LogP contribution in [0.2, 0.25) is 0 Å². The summed E-state index contributed by atoms with van der Waals surface area (Å²) in [6.07, 6.45) is 9.54. The summed E-state index contributed by atoms with van der Waals surface area (Å²) in [7, 11) is -4.10. The number of rotatable bonds is 6. The molecule has 0 radical (unpaired) electrons. The van der Waals surface area contributed by atoms with Gasteiger partial charge in [-0.05, 0) is 50.5 Å². The van der Waals surface area contributed by atoms with E-state index in [1.54, 1.807) is 32.1 Å². The number of primary sulfonamides is 1. The van der Waals surface area contributed by atoms with Gasteiger partial charge >= 0.3 is 0 Å². The second kappa shape index (κ2) is 8.41. The number of hydrogen-bond donors (Lipinski definition) is 2. The molecular weight excluding hydrogens is 424 g/mol. The van der Waals surface area contributed by atoms with E-state index < -0.39 is 20.4 Å². The number of ether oxygens (including phenoxy) is 1. The second-order valence-electron chi connectivity index (χ2n) is 7.92. The summed E-state index contributed by atoms with van der Waals surface area (Å²) in [6, 6.07) is 9.30. The largest absolute Gasteiger partial charge is 0.459 e. The molecule has 0 spiro atoms. The van der Waals surface area contributed by atoms with Gasteiger partial charge in [-0.15, -0.1) is 11.6 Å². The van der Waals surface area contributed by atoms with E-state index >= 15 is 0 Å². The maximum atomic E-state index is 12.5. The van der Waals surface area contributed by atoms with Gasteiger partial charge in [0.25, 0.3) is 0 Å². The van der Waals surface area contributed by atoms with Gasteiger partial charge in [-0.25, -0.2) is 13.6 Å². The molecule has 0 aliphatic heterocycles. The molecule has 0 saturated heterocycles. The van der Waals surface area contributed by atoms with Crippen LogP contribution >= 0.6 is 11.6 Å². The first kappa shape index (κ1) is 22.3. The minimum atomic E-state index is -4.10. The van der Waals surface area contributed by atoms with Crippen LogP contribution in [0.1, 0.15) is 32.3 Å². The normalized spacial score (nSPS) is 26.3. The highest BCUT2D eigenvalue weighted by Crippen LogP contribution is 2.37. The number of carbonyl (C=O) groups is 1. The zero-order valence-corrected chi connectivity index (χ0v) is 18.5. The van der Waals surface area contributed by atoms with Crippen molar-refractivity contribution in [3.63, 3.8) is 0 Å². The number of benzene rings is 1. The number of alkyl halides is 1. The van der Waals surface area contributed by atoms with E-state index in [9.17, 15) is 13.2 Å². The van der Waals surface area contributed by atoms with E-state index in [1.165, 1.54) is 6.08 Å². The van der Waals surface area contributed by atoms with Crippen molar-refractivity contribution in [2.75, 3.05) is 0 Å². The van der Waals surface area contributed by atoms with Crippen LogP contribution in [0, 0.1) is 0 Å². The van der Waals surface area contributed by atoms with Gasteiger partial charge < -0.3 is 10.1 Å². The standard InChI is InChI=1S/C22H25ClN2O4S/c1-21(25-20(26)14-16-8-4-3-5-9-16)13-11-17(18(15-21)30(24,27)28)29-19-10-6-7-12-22(19,2)23/h3-11,15H,12-14H2,1-2H3,(H,25,26)(H2,24,27,28). The van der Waals surface area contributed by atoms with E-state index in [0.29, 0.717) is 18.6 Å². The van der Waals surface area contributed by atoms with Crippen LogP contribution in [0.15, 0.2) is 77.1 Å². The lowest BCUT2D eigenvalue weighted by atomic mass is 9.92. The molecule has 2 unspecified atom stereocenters. The van der Waals surface area contributed by atoms with E-state index in [4.69, 9.17) is 21.5 Å². The molecule has 0 heterocycles. The highest BCUT2D eigenvalue weighted by Gasteiger charge is 2.36. The number of nitrogens with one attached hydrogen (secondary N) is 1. The summed E-state index contributed by atoms with van der Waals surface area (Å²) in [5.41, 5.74) is -0.0608. The fraction of sp³-hybridized carbons (Fsp3) is 0.318. The molecule has 2 atom stereocenters. The third kappa shape index (κ3) is 5.41. The van der Waals surface area contributed by atoms with Crippen LogP contribution in [0.25, 0.3) is 0 Å². The number of halogens is 1. The molecule has 160 valence electrons. The Morgan fingerprint density at radius 1 is 1.23 bits per heavy atom. The highest BCUT2D eigenvalue weighted by molar-refractivity contribution is 7.93. The average molecular weight is 449 g/mol. The fourth-order valence-corrected chi connectivity index (χ4v) is 4.37. The van der Waals surface area contributed by atoms with Crippen LogP contribution in [-0.2, 0) is 26.0 Å². The van der Waals surface area contributed by atoms with Crippen LogP contribution in [0.4, 0.5) is 0 Å². The molecule has 1 aromatic rings. The Morgan fingerprint density at radius 2 is 1.93 bits per heavy atom. The van der Waals surface area contributed by atoms with Crippen LogP contribution in [0.3, 0.4) is 0 Å². The van der Waals surface area contributed by atoms with Gasteiger partial charge in [0.2, 0.25) is 15.9 Å². The Bertz CT molecular complexity index is 1060. The Hall–Kier alpha value is -2.35. The van der Waals surface area contributed by atoms with Crippen LogP contribution in [0.5, 0.6) is 0 Å². The monoisotopic (exact) mass is 448 g/mol. The van der Waals surface area contributed by atoms with E-state index in [-0.39, 0.29) is 23.0 Å². The van der Waals surface area contributed by atoms with E-state index in [0.717, 1.165) is 5.56 Å². The van der Waals surface area contributed by atoms with E-state index in [2.05, 4.69) is 5.32 Å². The number of carbonyl (C=O) groups excluding carboxylic acids is 1. The van der Waals surface area contributed by atoms with Gasteiger partial charge in [0.1, 0.15) is 21.3 Å². The van der Waals surface area contributed by atoms with Crippen molar-refractivity contribution in [2.45, 2.75) is 43.5 Å². The molecule has 30 heavy (non-hydrogen) atoms. The molecule has 3 rings (SSSR count). The summed E-state index contributed by atoms with van der Waals surface area (Å²) in [5.74, 6) is 0.324. The zero-order chi connectivity index (χ0) is 22.0. The molecule has 0 fully saturated rings. The molecule has 2 aliphatic carbocycles. The van der Waals surface area contributed by atoms with Gasteiger partial charge in [-0.3, -0.25) is 4.79 Å². The summed E-state index contributed by atoms with van der Waals surface area (Å²) in [4.78, 5) is 11.5. The Kier molecular flexibility index (Phi) is 6.26. The van der Waals surface area contributed by atoms with Gasteiger partial charge in [-0.2, -0.15) is 0 Å². The van der Waals surface area contributed by atoms with E-state index in [1.807, 2.05) is 36.4 Å². The summed E-state index contributed by atoms with van der Waals surface area (Å²) < 4.78 is 30.4. The van der Waals surface area contributed by atoms with Crippen molar-refractivity contribution < 1.29 is 17.9 Å². The van der Waals surface area contributed by atoms with Crippen molar-refractivity contribution in [1.82, 2.24) is 5.32 Å². The molecule has 0 saturated carbocycles. The first-order chi connectivity index (χ1) is 14.0.